The van der Waals surface area contributed by atoms with Crippen molar-refractivity contribution in [3.05, 3.63) is 78.1 Å². The highest BCUT2D eigenvalue weighted by Gasteiger charge is 2.16. The van der Waals surface area contributed by atoms with Gasteiger partial charge in [0.15, 0.2) is 6.10 Å². The normalized spacial score (nSPS) is 11.8. The Bertz CT molecular complexity index is 1030. The van der Waals surface area contributed by atoms with E-state index < -0.39 is 18.0 Å². The van der Waals surface area contributed by atoms with E-state index in [2.05, 4.69) is 15.6 Å². The maximum atomic E-state index is 12.2. The summed E-state index contributed by atoms with van der Waals surface area (Å²) in [5.74, 6) is -0.363. The van der Waals surface area contributed by atoms with Crippen LogP contribution in [0.4, 0.5) is 5.69 Å². The Morgan fingerprint density at radius 2 is 1.87 bits per heavy atom. The third kappa shape index (κ3) is 6.81. The number of anilines is 1. The number of hydrogen-bond donors (Lipinski definition) is 1. The van der Waals surface area contributed by atoms with Crippen LogP contribution in [0.1, 0.15) is 25.1 Å². The zero-order valence-corrected chi connectivity index (χ0v) is 17.4. The first-order chi connectivity index (χ1) is 15.0. The average molecular weight is 420 g/mol. The molecule has 8 nitrogen and oxygen atoms in total. The second kappa shape index (κ2) is 10.7. The number of ether oxygens (including phenoxy) is 2. The lowest BCUT2D eigenvalue weighted by Crippen LogP contribution is -2.29. The number of nitrogens with zero attached hydrogens (tertiary/aromatic N) is 3. The van der Waals surface area contributed by atoms with E-state index in [-0.39, 0.29) is 0 Å². The molecule has 0 unspecified atom stereocenters. The van der Waals surface area contributed by atoms with Gasteiger partial charge in [0, 0.05) is 11.8 Å². The van der Waals surface area contributed by atoms with Crippen LogP contribution in [0, 0.1) is 0 Å². The number of aromatic nitrogens is 3. The van der Waals surface area contributed by atoms with Crippen molar-refractivity contribution in [1.82, 2.24) is 15.0 Å². The molecule has 3 rings (SSSR count). The van der Waals surface area contributed by atoms with E-state index in [0.29, 0.717) is 30.3 Å². The van der Waals surface area contributed by atoms with Gasteiger partial charge in [-0.25, -0.2) is 9.48 Å². The lowest BCUT2D eigenvalue weighted by Gasteiger charge is -2.12. The number of carbonyl (C=O) groups excluding carboxylic acids is 2. The van der Waals surface area contributed by atoms with Gasteiger partial charge in [-0.3, -0.25) is 4.79 Å². The first kappa shape index (κ1) is 21.8. The molecule has 1 N–H and O–H groups in total. The number of benzene rings is 2. The van der Waals surface area contributed by atoms with Crippen LogP contribution in [-0.4, -0.2) is 39.6 Å². The summed E-state index contributed by atoms with van der Waals surface area (Å²) in [4.78, 5) is 24.3. The maximum absolute atomic E-state index is 12.2. The minimum Gasteiger partial charge on any atom is -0.494 e. The van der Waals surface area contributed by atoms with Gasteiger partial charge in [-0.2, -0.15) is 0 Å². The van der Waals surface area contributed by atoms with Crippen molar-refractivity contribution in [1.29, 1.82) is 0 Å². The molecule has 31 heavy (non-hydrogen) atoms. The molecule has 1 aromatic heterocycles. The molecule has 0 fully saturated rings. The highest BCUT2D eigenvalue weighted by molar-refractivity contribution is 5.96. The Balaban J connectivity index is 1.48. The molecule has 2 aromatic carbocycles. The highest BCUT2D eigenvalue weighted by Crippen LogP contribution is 2.16. The van der Waals surface area contributed by atoms with Gasteiger partial charge in [0.25, 0.3) is 5.91 Å². The van der Waals surface area contributed by atoms with Crippen molar-refractivity contribution in [3.8, 4) is 5.75 Å². The fraction of sp³-hybridized carbons (Fsp3) is 0.217. The molecule has 1 atom stereocenters. The Labute approximate surface area is 180 Å². The van der Waals surface area contributed by atoms with Gasteiger partial charge in [0.2, 0.25) is 0 Å². The zero-order chi connectivity index (χ0) is 22.1. The third-order valence-electron chi connectivity index (χ3n) is 4.23. The zero-order valence-electron chi connectivity index (χ0n) is 17.4. The highest BCUT2D eigenvalue weighted by atomic mass is 16.5. The molecule has 0 aliphatic carbocycles. The average Bonchev–Trinajstić information content (AvgIpc) is 3.22. The first-order valence-corrected chi connectivity index (χ1v) is 9.90. The topological polar surface area (TPSA) is 95.3 Å². The van der Waals surface area contributed by atoms with E-state index in [1.165, 1.54) is 19.1 Å². The molecule has 8 heteroatoms. The summed E-state index contributed by atoms with van der Waals surface area (Å²) in [6.45, 7) is 4.54. The lowest BCUT2D eigenvalue weighted by molar-refractivity contribution is -0.148. The molecule has 0 radical (unpaired) electrons. The van der Waals surface area contributed by atoms with Crippen LogP contribution >= 0.6 is 0 Å². The fourth-order valence-corrected chi connectivity index (χ4v) is 2.70. The van der Waals surface area contributed by atoms with E-state index >= 15 is 0 Å². The molecule has 0 aliphatic heterocycles. The van der Waals surface area contributed by atoms with Crippen molar-refractivity contribution in [3.63, 3.8) is 0 Å². The van der Waals surface area contributed by atoms with Crippen LogP contribution in [0.15, 0.2) is 66.9 Å². The van der Waals surface area contributed by atoms with Crippen molar-refractivity contribution in [2.45, 2.75) is 26.5 Å². The molecule has 0 spiro atoms. The smallest absolute Gasteiger partial charge is 0.331 e. The standard InChI is InChI=1S/C23H24N4O4/c1-3-30-21-12-9-19(10-13-21)24-23(29)17(2)31-22(28)14-11-20-16-27(26-25-20)15-18-7-5-4-6-8-18/h4-14,16-17H,3,15H2,1-2H3,(H,24,29)/b14-11+/t17-/m1/s1. The Morgan fingerprint density at radius 1 is 1.13 bits per heavy atom. The van der Waals surface area contributed by atoms with E-state index in [9.17, 15) is 9.59 Å². The largest absolute Gasteiger partial charge is 0.494 e. The predicted octanol–water partition coefficient (Wildman–Crippen LogP) is 3.31. The molecule has 0 saturated carbocycles. The predicted molar refractivity (Wildman–Crippen MR) is 116 cm³/mol. The molecule has 160 valence electrons. The van der Waals surface area contributed by atoms with Crippen LogP contribution in [0.25, 0.3) is 6.08 Å². The van der Waals surface area contributed by atoms with Gasteiger partial charge in [-0.05, 0) is 49.8 Å². The summed E-state index contributed by atoms with van der Waals surface area (Å²) in [6.07, 6.45) is 3.47. The molecule has 0 aliphatic rings. The van der Waals surface area contributed by atoms with Gasteiger partial charge in [0.05, 0.1) is 19.3 Å². The Kier molecular flexibility index (Phi) is 7.53. The van der Waals surface area contributed by atoms with Gasteiger partial charge >= 0.3 is 5.97 Å². The van der Waals surface area contributed by atoms with Crippen molar-refractivity contribution in [2.24, 2.45) is 0 Å². The summed E-state index contributed by atoms with van der Waals surface area (Å²) in [5.41, 5.74) is 2.19. The van der Waals surface area contributed by atoms with E-state index in [0.717, 1.165) is 5.56 Å². The van der Waals surface area contributed by atoms with Crippen LogP contribution in [0.3, 0.4) is 0 Å². The molecule has 3 aromatic rings. The number of rotatable bonds is 9. The molecule has 0 saturated heterocycles. The first-order valence-electron chi connectivity index (χ1n) is 9.90. The number of amides is 1. The summed E-state index contributed by atoms with van der Waals surface area (Å²) in [6, 6.07) is 16.8. The summed E-state index contributed by atoms with van der Waals surface area (Å²) < 4.78 is 12.2. The summed E-state index contributed by atoms with van der Waals surface area (Å²) in [5, 5.41) is 10.7. The van der Waals surface area contributed by atoms with E-state index in [1.807, 2.05) is 37.3 Å². The number of nitrogens with one attached hydrogen (secondary N) is 1. The minimum atomic E-state index is -0.961. The van der Waals surface area contributed by atoms with Crippen molar-refractivity contribution >= 4 is 23.6 Å². The van der Waals surface area contributed by atoms with Crippen LogP contribution in [0.2, 0.25) is 0 Å². The molecule has 1 heterocycles. The van der Waals surface area contributed by atoms with Gasteiger partial charge in [0.1, 0.15) is 11.4 Å². The summed E-state index contributed by atoms with van der Waals surface area (Å²) >= 11 is 0. The van der Waals surface area contributed by atoms with Crippen molar-refractivity contribution < 1.29 is 19.1 Å². The quantitative estimate of drug-likeness (QED) is 0.422. The third-order valence-corrected chi connectivity index (χ3v) is 4.23. The van der Waals surface area contributed by atoms with Gasteiger partial charge in [-0.1, -0.05) is 35.5 Å². The monoisotopic (exact) mass is 420 g/mol. The van der Waals surface area contributed by atoms with Gasteiger partial charge in [-0.15, -0.1) is 5.10 Å². The molecule has 0 bridgehead atoms. The van der Waals surface area contributed by atoms with Crippen molar-refractivity contribution in [2.75, 3.05) is 11.9 Å². The molecular weight excluding hydrogens is 396 g/mol. The minimum absolute atomic E-state index is 0.431. The number of carbonyl (C=O) groups is 2. The number of hydrogen-bond acceptors (Lipinski definition) is 6. The summed E-state index contributed by atoms with van der Waals surface area (Å²) in [7, 11) is 0. The maximum Gasteiger partial charge on any atom is 0.331 e. The second-order valence-electron chi connectivity index (χ2n) is 6.69. The molecule has 1 amide bonds. The van der Waals surface area contributed by atoms with E-state index in [4.69, 9.17) is 9.47 Å². The SMILES string of the molecule is CCOc1ccc(NC(=O)[C@@H](C)OC(=O)/C=C/c2cn(Cc3ccccc3)nn2)cc1. The van der Waals surface area contributed by atoms with Gasteiger partial charge < -0.3 is 14.8 Å². The van der Waals surface area contributed by atoms with Crippen LogP contribution < -0.4 is 10.1 Å². The second-order valence-corrected chi connectivity index (χ2v) is 6.69. The van der Waals surface area contributed by atoms with Crippen LogP contribution in [-0.2, 0) is 20.9 Å². The Hall–Kier alpha value is -3.94. The number of esters is 1. The van der Waals surface area contributed by atoms with E-state index in [1.54, 1.807) is 35.1 Å². The fourth-order valence-electron chi connectivity index (χ4n) is 2.70. The Morgan fingerprint density at radius 3 is 2.58 bits per heavy atom. The van der Waals surface area contributed by atoms with Crippen LogP contribution in [0.5, 0.6) is 5.75 Å². The molecular formula is C23H24N4O4. The lowest BCUT2D eigenvalue weighted by atomic mass is 10.2.